The van der Waals surface area contributed by atoms with Crippen LogP contribution >= 0.6 is 0 Å². The zero-order valence-electron chi connectivity index (χ0n) is 8.62. The molecule has 0 amide bonds. The van der Waals surface area contributed by atoms with E-state index in [1.807, 2.05) is 0 Å². The van der Waals surface area contributed by atoms with Crippen molar-refractivity contribution < 1.29 is 19.1 Å². The normalized spacial score (nSPS) is 25.0. The topological polar surface area (TPSA) is 52.6 Å². The van der Waals surface area contributed by atoms with Crippen molar-refractivity contribution in [2.45, 2.75) is 26.7 Å². The average molecular weight is 200 g/mol. The molecule has 0 aliphatic heterocycles. The lowest BCUT2D eigenvalue weighted by atomic mass is 9.74. The maximum Gasteiger partial charge on any atom is 0.309 e. The number of rotatable bonds is 4. The first-order valence-electron chi connectivity index (χ1n) is 5.04. The molecule has 0 saturated heterocycles. The van der Waals surface area contributed by atoms with Crippen LogP contribution in [0, 0.1) is 11.8 Å². The molecular weight excluding hydrogens is 184 g/mol. The summed E-state index contributed by atoms with van der Waals surface area (Å²) in [7, 11) is 0. The highest BCUT2D eigenvalue weighted by molar-refractivity contribution is 5.83. The van der Waals surface area contributed by atoms with Gasteiger partial charge in [0.05, 0.1) is 25.0 Å². The molecule has 1 aliphatic carbocycles. The summed E-state index contributed by atoms with van der Waals surface area (Å²) in [5.41, 5.74) is 0. The van der Waals surface area contributed by atoms with E-state index in [0.29, 0.717) is 13.2 Å². The Morgan fingerprint density at radius 2 is 1.36 bits per heavy atom. The van der Waals surface area contributed by atoms with Crippen LogP contribution in [0.5, 0.6) is 0 Å². The van der Waals surface area contributed by atoms with Crippen molar-refractivity contribution in [1.29, 1.82) is 0 Å². The first-order chi connectivity index (χ1) is 6.70. The van der Waals surface area contributed by atoms with Gasteiger partial charge in [-0.1, -0.05) is 0 Å². The smallest absolute Gasteiger partial charge is 0.309 e. The predicted molar refractivity (Wildman–Crippen MR) is 49.5 cm³/mol. The molecule has 1 rings (SSSR count). The largest absolute Gasteiger partial charge is 0.466 e. The Bertz CT molecular complexity index is 200. The minimum atomic E-state index is -0.269. The Morgan fingerprint density at radius 1 is 1.00 bits per heavy atom. The first kappa shape index (κ1) is 11.0. The molecule has 2 atom stereocenters. The van der Waals surface area contributed by atoms with Gasteiger partial charge < -0.3 is 9.47 Å². The quantitative estimate of drug-likeness (QED) is 0.638. The van der Waals surface area contributed by atoms with Crippen LogP contribution in [0.2, 0.25) is 0 Å². The van der Waals surface area contributed by atoms with E-state index in [2.05, 4.69) is 0 Å². The molecule has 0 N–H and O–H groups in total. The lowest BCUT2D eigenvalue weighted by Crippen LogP contribution is -2.40. The van der Waals surface area contributed by atoms with Crippen LogP contribution in [-0.4, -0.2) is 25.2 Å². The van der Waals surface area contributed by atoms with E-state index in [4.69, 9.17) is 9.47 Å². The van der Waals surface area contributed by atoms with Gasteiger partial charge in [0.25, 0.3) is 0 Å². The second kappa shape index (κ2) is 4.98. The fourth-order valence-electron chi connectivity index (χ4n) is 1.56. The van der Waals surface area contributed by atoms with Crippen LogP contribution in [-0.2, 0) is 19.1 Å². The van der Waals surface area contributed by atoms with Crippen molar-refractivity contribution in [3.63, 3.8) is 0 Å². The van der Waals surface area contributed by atoms with Crippen molar-refractivity contribution >= 4 is 11.9 Å². The molecule has 1 unspecified atom stereocenters. The molecule has 1 fully saturated rings. The summed E-state index contributed by atoms with van der Waals surface area (Å²) >= 11 is 0. The molecule has 0 heterocycles. The van der Waals surface area contributed by atoms with Crippen LogP contribution in [0.15, 0.2) is 0 Å². The van der Waals surface area contributed by atoms with Gasteiger partial charge in [0.15, 0.2) is 0 Å². The summed E-state index contributed by atoms with van der Waals surface area (Å²) < 4.78 is 9.72. The Morgan fingerprint density at radius 3 is 1.57 bits per heavy atom. The van der Waals surface area contributed by atoms with Crippen molar-refractivity contribution in [1.82, 2.24) is 0 Å². The van der Waals surface area contributed by atoms with Gasteiger partial charge in [-0.25, -0.2) is 0 Å². The summed E-state index contributed by atoms with van der Waals surface area (Å²) in [4.78, 5) is 22.6. The van der Waals surface area contributed by atoms with Gasteiger partial charge in [-0.15, -0.1) is 0 Å². The van der Waals surface area contributed by atoms with Gasteiger partial charge in [-0.05, 0) is 26.7 Å². The van der Waals surface area contributed by atoms with E-state index in [-0.39, 0.29) is 23.8 Å². The van der Waals surface area contributed by atoms with Crippen molar-refractivity contribution in [3.05, 3.63) is 0 Å². The fourth-order valence-corrected chi connectivity index (χ4v) is 1.56. The maximum atomic E-state index is 11.3. The molecule has 1 saturated carbocycles. The molecule has 0 aromatic heterocycles. The highest BCUT2D eigenvalue weighted by atomic mass is 16.5. The molecule has 4 heteroatoms. The number of ether oxygens (including phenoxy) is 2. The van der Waals surface area contributed by atoms with Crippen molar-refractivity contribution in [2.75, 3.05) is 13.2 Å². The Kier molecular flexibility index (Phi) is 3.92. The van der Waals surface area contributed by atoms with Gasteiger partial charge in [0.2, 0.25) is 0 Å². The molecule has 0 radical (unpaired) electrons. The Labute approximate surface area is 83.6 Å². The van der Waals surface area contributed by atoms with Gasteiger partial charge in [-0.3, -0.25) is 9.59 Å². The minimum Gasteiger partial charge on any atom is -0.466 e. The second-order valence-electron chi connectivity index (χ2n) is 3.29. The molecule has 0 aromatic rings. The zero-order chi connectivity index (χ0) is 10.6. The predicted octanol–water partition coefficient (Wildman–Crippen LogP) is 1.14. The van der Waals surface area contributed by atoms with Crippen LogP contribution in [0.4, 0.5) is 0 Å². The summed E-state index contributed by atoms with van der Waals surface area (Å²) in [6.07, 6.45) is 1.48. The third-order valence-corrected chi connectivity index (χ3v) is 2.45. The molecule has 0 spiro atoms. The number of hydrogen-bond donors (Lipinski definition) is 0. The Hall–Kier alpha value is -1.06. The molecule has 4 nitrogen and oxygen atoms in total. The SMILES string of the molecule is CCOC(=O)C1CC[C@@H]1C(=O)OCC. The first-order valence-corrected chi connectivity index (χ1v) is 5.04. The minimum absolute atomic E-state index is 0.267. The fraction of sp³-hybridized carbons (Fsp3) is 0.800. The number of carbonyl (C=O) groups excluding carboxylic acids is 2. The zero-order valence-corrected chi connectivity index (χ0v) is 8.62. The summed E-state index contributed by atoms with van der Waals surface area (Å²) in [5.74, 6) is -1.07. The average Bonchev–Trinajstić information content (AvgIpc) is 2.02. The van der Waals surface area contributed by atoms with E-state index in [9.17, 15) is 9.59 Å². The van der Waals surface area contributed by atoms with Crippen molar-refractivity contribution in [2.24, 2.45) is 11.8 Å². The van der Waals surface area contributed by atoms with Gasteiger partial charge in [0, 0.05) is 0 Å². The van der Waals surface area contributed by atoms with E-state index in [1.54, 1.807) is 13.8 Å². The third kappa shape index (κ3) is 2.25. The highest BCUT2D eigenvalue weighted by Crippen LogP contribution is 2.36. The van der Waals surface area contributed by atoms with Crippen LogP contribution in [0.1, 0.15) is 26.7 Å². The van der Waals surface area contributed by atoms with Gasteiger partial charge >= 0.3 is 11.9 Å². The summed E-state index contributed by atoms with van der Waals surface area (Å²) in [6, 6.07) is 0. The van der Waals surface area contributed by atoms with Crippen LogP contribution in [0.25, 0.3) is 0 Å². The number of hydrogen-bond acceptors (Lipinski definition) is 4. The molecule has 80 valence electrons. The van der Waals surface area contributed by atoms with E-state index in [0.717, 1.165) is 12.8 Å². The molecular formula is C10H16O4. The molecule has 1 aliphatic rings. The third-order valence-electron chi connectivity index (χ3n) is 2.45. The molecule has 14 heavy (non-hydrogen) atoms. The maximum absolute atomic E-state index is 11.3. The second-order valence-corrected chi connectivity index (χ2v) is 3.29. The Balaban J connectivity index is 2.41. The van der Waals surface area contributed by atoms with Crippen LogP contribution in [0.3, 0.4) is 0 Å². The van der Waals surface area contributed by atoms with E-state index >= 15 is 0 Å². The van der Waals surface area contributed by atoms with Gasteiger partial charge in [0.1, 0.15) is 0 Å². The summed E-state index contributed by atoms with van der Waals surface area (Å²) in [6.45, 7) is 4.25. The summed E-state index contributed by atoms with van der Waals surface area (Å²) in [5, 5.41) is 0. The van der Waals surface area contributed by atoms with E-state index in [1.165, 1.54) is 0 Å². The lowest BCUT2D eigenvalue weighted by Gasteiger charge is -2.32. The molecule has 0 aromatic carbocycles. The van der Waals surface area contributed by atoms with Gasteiger partial charge in [-0.2, -0.15) is 0 Å². The van der Waals surface area contributed by atoms with Crippen LogP contribution < -0.4 is 0 Å². The monoisotopic (exact) mass is 200 g/mol. The van der Waals surface area contributed by atoms with E-state index < -0.39 is 0 Å². The highest BCUT2D eigenvalue weighted by Gasteiger charge is 2.43. The van der Waals surface area contributed by atoms with Crippen molar-refractivity contribution in [3.8, 4) is 0 Å². The number of carbonyl (C=O) groups is 2. The molecule has 0 bridgehead atoms. The lowest BCUT2D eigenvalue weighted by molar-refractivity contribution is -0.166. The standard InChI is InChI=1S/C10H16O4/c1-3-13-9(11)7-5-6-8(7)10(12)14-4-2/h7-8H,3-6H2,1-2H3/t7-,8?/m0/s1. The number of esters is 2.